The predicted molar refractivity (Wildman–Crippen MR) is 69.7 cm³/mol. The Morgan fingerprint density at radius 3 is 3.00 bits per heavy atom. The maximum Gasteiger partial charge on any atom is 0.143 e. The van der Waals surface area contributed by atoms with Crippen molar-refractivity contribution in [2.45, 2.75) is 23.1 Å². The van der Waals surface area contributed by atoms with Crippen LogP contribution in [0.25, 0.3) is 0 Å². The summed E-state index contributed by atoms with van der Waals surface area (Å²) in [6.45, 7) is 3.22. The minimum absolute atomic E-state index is 0.446. The van der Waals surface area contributed by atoms with Crippen molar-refractivity contribution in [2.75, 3.05) is 26.0 Å². The Morgan fingerprint density at radius 2 is 2.31 bits per heavy atom. The summed E-state index contributed by atoms with van der Waals surface area (Å²) >= 11 is 1.91. The van der Waals surface area contributed by atoms with Crippen LogP contribution in [0.2, 0.25) is 0 Å². The zero-order valence-electron chi connectivity index (χ0n) is 9.91. The molecule has 2 atom stereocenters. The van der Waals surface area contributed by atoms with Crippen LogP contribution in [-0.4, -0.2) is 32.0 Å². The molecule has 1 aliphatic heterocycles. The Hall–Kier alpha value is -0.870. The first kappa shape index (κ1) is 11.6. The number of thioether (sulfide) groups is 1. The Bertz CT molecular complexity index is 370. The molecule has 0 bridgehead atoms. The lowest BCUT2D eigenvalue weighted by atomic mass is 10.2. The molecule has 4 heteroatoms. The molecule has 3 nitrogen and oxygen atoms in total. The molecule has 1 aromatic carbocycles. The number of fused-ring (bicyclic) bond motifs is 1. The third kappa shape index (κ3) is 2.13. The highest BCUT2D eigenvalue weighted by Crippen LogP contribution is 2.42. The maximum atomic E-state index is 5.36. The van der Waals surface area contributed by atoms with Gasteiger partial charge in [0.05, 0.1) is 12.8 Å². The lowest BCUT2D eigenvalue weighted by Gasteiger charge is -2.32. The number of rotatable bonds is 3. The van der Waals surface area contributed by atoms with Gasteiger partial charge < -0.3 is 15.4 Å². The summed E-state index contributed by atoms with van der Waals surface area (Å²) in [5.41, 5.74) is 1.13. The fourth-order valence-electron chi connectivity index (χ4n) is 1.93. The predicted octanol–water partition coefficient (Wildman–Crippen LogP) is 2.19. The van der Waals surface area contributed by atoms with E-state index in [2.05, 4.69) is 23.6 Å². The Balaban J connectivity index is 2.27. The van der Waals surface area contributed by atoms with Crippen LogP contribution in [0.4, 0.5) is 5.69 Å². The lowest BCUT2D eigenvalue weighted by Crippen LogP contribution is -2.38. The van der Waals surface area contributed by atoms with Crippen molar-refractivity contribution >= 4 is 17.4 Å². The van der Waals surface area contributed by atoms with E-state index in [1.54, 1.807) is 7.11 Å². The molecule has 0 aromatic heterocycles. The van der Waals surface area contributed by atoms with Gasteiger partial charge in [0.1, 0.15) is 5.75 Å². The summed E-state index contributed by atoms with van der Waals surface area (Å²) in [5, 5.41) is 7.32. The Kier molecular flexibility index (Phi) is 3.61. The molecular weight excluding hydrogens is 220 g/mol. The fourth-order valence-corrected chi connectivity index (χ4v) is 3.21. The van der Waals surface area contributed by atoms with E-state index in [1.165, 1.54) is 4.90 Å². The van der Waals surface area contributed by atoms with E-state index in [0.29, 0.717) is 11.3 Å². The molecule has 0 saturated carbocycles. The highest BCUT2D eigenvalue weighted by molar-refractivity contribution is 8.00. The molecule has 0 radical (unpaired) electrons. The number of nitrogens with one attached hydrogen (secondary N) is 2. The number of methoxy groups -OCH3 is 1. The van der Waals surface area contributed by atoms with E-state index in [0.717, 1.165) is 18.0 Å². The van der Waals surface area contributed by atoms with Crippen LogP contribution in [-0.2, 0) is 0 Å². The third-order valence-electron chi connectivity index (χ3n) is 2.82. The van der Waals surface area contributed by atoms with Gasteiger partial charge >= 0.3 is 0 Å². The van der Waals surface area contributed by atoms with Gasteiger partial charge in [0.2, 0.25) is 0 Å². The molecule has 16 heavy (non-hydrogen) atoms. The Morgan fingerprint density at radius 1 is 1.50 bits per heavy atom. The summed E-state index contributed by atoms with van der Waals surface area (Å²) in [6, 6.07) is 6.63. The summed E-state index contributed by atoms with van der Waals surface area (Å²) < 4.78 is 5.36. The van der Waals surface area contributed by atoms with Crippen molar-refractivity contribution in [3.8, 4) is 5.75 Å². The monoisotopic (exact) mass is 238 g/mol. The van der Waals surface area contributed by atoms with E-state index >= 15 is 0 Å². The van der Waals surface area contributed by atoms with Crippen molar-refractivity contribution in [1.82, 2.24) is 5.32 Å². The number of hydrogen-bond donors (Lipinski definition) is 2. The fraction of sp³-hybridized carbons (Fsp3) is 0.500. The SMILES string of the molecule is CNCC1Sc2cccc(OC)c2NC1C. The largest absolute Gasteiger partial charge is 0.495 e. The molecule has 0 aliphatic carbocycles. The van der Waals surface area contributed by atoms with Crippen molar-refractivity contribution in [2.24, 2.45) is 0 Å². The molecule has 0 saturated heterocycles. The van der Waals surface area contributed by atoms with Crippen LogP contribution in [0.3, 0.4) is 0 Å². The van der Waals surface area contributed by atoms with Crippen molar-refractivity contribution in [1.29, 1.82) is 0 Å². The number of para-hydroxylation sites is 1. The van der Waals surface area contributed by atoms with Crippen LogP contribution in [0.1, 0.15) is 6.92 Å². The molecule has 0 amide bonds. The van der Waals surface area contributed by atoms with Gasteiger partial charge in [0, 0.05) is 22.7 Å². The second-order valence-electron chi connectivity index (χ2n) is 3.98. The molecular formula is C12H18N2OS. The number of benzene rings is 1. The molecule has 1 heterocycles. The van der Waals surface area contributed by atoms with Gasteiger partial charge in [-0.3, -0.25) is 0 Å². The van der Waals surface area contributed by atoms with E-state index in [-0.39, 0.29) is 0 Å². The van der Waals surface area contributed by atoms with Crippen molar-refractivity contribution in [3.05, 3.63) is 18.2 Å². The smallest absolute Gasteiger partial charge is 0.143 e. The van der Waals surface area contributed by atoms with Crippen LogP contribution in [0.15, 0.2) is 23.1 Å². The normalized spacial score (nSPS) is 23.4. The molecule has 1 aliphatic rings. The highest BCUT2D eigenvalue weighted by Gasteiger charge is 2.26. The van der Waals surface area contributed by atoms with Crippen LogP contribution in [0, 0.1) is 0 Å². The molecule has 0 spiro atoms. The molecule has 0 fully saturated rings. The Labute approximate surface area is 101 Å². The highest BCUT2D eigenvalue weighted by atomic mass is 32.2. The van der Waals surface area contributed by atoms with Gasteiger partial charge in [-0.15, -0.1) is 11.8 Å². The third-order valence-corrected chi connectivity index (χ3v) is 4.29. The summed E-state index contributed by atoms with van der Waals surface area (Å²) in [7, 11) is 3.71. The summed E-state index contributed by atoms with van der Waals surface area (Å²) in [4.78, 5) is 1.28. The topological polar surface area (TPSA) is 33.3 Å². The van der Waals surface area contributed by atoms with E-state index in [9.17, 15) is 0 Å². The molecule has 1 aromatic rings. The molecule has 2 N–H and O–H groups in total. The second-order valence-corrected chi connectivity index (χ2v) is 5.26. The quantitative estimate of drug-likeness (QED) is 0.845. The van der Waals surface area contributed by atoms with Crippen molar-refractivity contribution in [3.63, 3.8) is 0 Å². The summed E-state index contributed by atoms with van der Waals surface area (Å²) in [5.74, 6) is 0.930. The summed E-state index contributed by atoms with van der Waals surface area (Å²) in [6.07, 6.45) is 0. The van der Waals surface area contributed by atoms with E-state index < -0.39 is 0 Å². The first-order valence-electron chi connectivity index (χ1n) is 5.51. The first-order chi connectivity index (χ1) is 7.76. The average molecular weight is 238 g/mol. The zero-order valence-corrected chi connectivity index (χ0v) is 10.7. The van der Waals surface area contributed by atoms with E-state index in [4.69, 9.17) is 4.74 Å². The van der Waals surface area contributed by atoms with Gasteiger partial charge in [0.15, 0.2) is 0 Å². The van der Waals surface area contributed by atoms with Gasteiger partial charge in [-0.05, 0) is 26.1 Å². The standard InChI is InChI=1S/C12H18N2OS/c1-8-11(7-13-2)16-10-6-4-5-9(15-3)12(10)14-8/h4-6,8,11,13-14H,7H2,1-3H3. The van der Waals surface area contributed by atoms with E-state index in [1.807, 2.05) is 30.9 Å². The minimum atomic E-state index is 0.446. The molecule has 88 valence electrons. The van der Waals surface area contributed by atoms with Gasteiger partial charge in [0.25, 0.3) is 0 Å². The number of hydrogen-bond acceptors (Lipinski definition) is 4. The van der Waals surface area contributed by atoms with Gasteiger partial charge in [-0.2, -0.15) is 0 Å². The van der Waals surface area contributed by atoms with Crippen LogP contribution in [0.5, 0.6) is 5.75 Å². The lowest BCUT2D eigenvalue weighted by molar-refractivity contribution is 0.414. The molecule has 2 unspecified atom stereocenters. The second kappa shape index (κ2) is 4.97. The van der Waals surface area contributed by atoms with Crippen molar-refractivity contribution < 1.29 is 4.74 Å². The number of anilines is 1. The average Bonchev–Trinajstić information content (AvgIpc) is 2.30. The minimum Gasteiger partial charge on any atom is -0.495 e. The maximum absolute atomic E-state index is 5.36. The van der Waals surface area contributed by atoms with Gasteiger partial charge in [-0.25, -0.2) is 0 Å². The van der Waals surface area contributed by atoms with Crippen LogP contribution < -0.4 is 15.4 Å². The van der Waals surface area contributed by atoms with Gasteiger partial charge in [-0.1, -0.05) is 6.07 Å². The molecule has 2 rings (SSSR count). The van der Waals surface area contributed by atoms with Crippen LogP contribution >= 0.6 is 11.8 Å². The number of ether oxygens (including phenoxy) is 1. The first-order valence-corrected chi connectivity index (χ1v) is 6.39. The zero-order chi connectivity index (χ0) is 11.5.